The van der Waals surface area contributed by atoms with Gasteiger partial charge in [-0.3, -0.25) is 4.79 Å². The van der Waals surface area contributed by atoms with E-state index in [-0.39, 0.29) is 10.9 Å². The lowest BCUT2D eigenvalue weighted by Gasteiger charge is -2.18. The fourth-order valence-electron chi connectivity index (χ4n) is 1.85. The normalized spacial score (nSPS) is 10.2. The molecule has 0 unspecified atom stereocenters. The molecule has 6 heteroatoms. The molecule has 0 fully saturated rings. The van der Waals surface area contributed by atoms with Crippen molar-refractivity contribution in [1.29, 1.82) is 0 Å². The van der Waals surface area contributed by atoms with Gasteiger partial charge in [0.25, 0.3) is 0 Å². The Hall–Kier alpha value is -1.69. The van der Waals surface area contributed by atoms with Crippen molar-refractivity contribution in [2.45, 2.75) is 20.3 Å². The molecule has 1 rings (SSSR count). The summed E-state index contributed by atoms with van der Waals surface area (Å²) in [4.78, 5) is 13.7. The minimum Gasteiger partial charge on any atom is -0.389 e. The lowest BCUT2D eigenvalue weighted by molar-refractivity contribution is -0.130. The second kappa shape index (κ2) is 7.79. The molecule has 0 aromatic heterocycles. The highest BCUT2D eigenvalue weighted by molar-refractivity contribution is 7.80. The van der Waals surface area contributed by atoms with Gasteiger partial charge in [0, 0.05) is 31.6 Å². The zero-order chi connectivity index (χ0) is 15.1. The van der Waals surface area contributed by atoms with Crippen molar-refractivity contribution in [1.82, 2.24) is 4.90 Å². The first kappa shape index (κ1) is 16.4. The number of thiocarbonyl (C=S) groups is 1. The highest BCUT2D eigenvalue weighted by Gasteiger charge is 2.10. The van der Waals surface area contributed by atoms with Crippen LogP contribution < -0.4 is 11.1 Å². The number of carbonyl (C=O) groups is 1. The van der Waals surface area contributed by atoms with E-state index in [0.717, 1.165) is 0 Å². The predicted octanol–water partition coefficient (Wildman–Crippen LogP) is 2.13. The minimum absolute atomic E-state index is 0.0580. The average molecular weight is 297 g/mol. The summed E-state index contributed by atoms with van der Waals surface area (Å²) in [5.41, 5.74) is 6.26. The first-order valence-corrected chi connectivity index (χ1v) is 7.01. The molecule has 20 heavy (non-hydrogen) atoms. The summed E-state index contributed by atoms with van der Waals surface area (Å²) < 4.78 is 13.8. The molecule has 0 aliphatic heterocycles. The van der Waals surface area contributed by atoms with Gasteiger partial charge in [-0.1, -0.05) is 12.2 Å². The van der Waals surface area contributed by atoms with Crippen LogP contribution in [0.15, 0.2) is 18.2 Å². The Labute approximate surface area is 124 Å². The first-order chi connectivity index (χ1) is 9.49. The van der Waals surface area contributed by atoms with Crippen molar-refractivity contribution in [2.75, 3.05) is 25.0 Å². The summed E-state index contributed by atoms with van der Waals surface area (Å²) in [5.74, 6) is -0.367. The Kier molecular flexibility index (Phi) is 6.38. The van der Waals surface area contributed by atoms with E-state index in [0.29, 0.717) is 37.3 Å². The molecule has 1 amide bonds. The quantitative estimate of drug-likeness (QED) is 0.757. The van der Waals surface area contributed by atoms with Crippen molar-refractivity contribution in [3.63, 3.8) is 0 Å². The summed E-state index contributed by atoms with van der Waals surface area (Å²) in [7, 11) is 0. The first-order valence-electron chi connectivity index (χ1n) is 6.60. The van der Waals surface area contributed by atoms with Crippen molar-refractivity contribution in [2.24, 2.45) is 5.73 Å². The molecule has 1 aromatic rings. The molecule has 0 saturated heterocycles. The lowest BCUT2D eigenvalue weighted by atomic mass is 10.2. The van der Waals surface area contributed by atoms with E-state index < -0.39 is 5.82 Å². The monoisotopic (exact) mass is 297 g/mol. The smallest absolute Gasteiger partial charge is 0.224 e. The third-order valence-corrected chi connectivity index (χ3v) is 3.26. The molecule has 0 bridgehead atoms. The Morgan fingerprint density at radius 3 is 2.55 bits per heavy atom. The topological polar surface area (TPSA) is 58.4 Å². The molecule has 0 heterocycles. The highest BCUT2D eigenvalue weighted by atomic mass is 32.1. The molecule has 0 atom stereocenters. The van der Waals surface area contributed by atoms with Gasteiger partial charge >= 0.3 is 0 Å². The number of rotatable bonds is 7. The van der Waals surface area contributed by atoms with E-state index in [1.807, 2.05) is 13.8 Å². The molecule has 0 aliphatic carbocycles. The van der Waals surface area contributed by atoms with E-state index in [2.05, 4.69) is 5.32 Å². The lowest BCUT2D eigenvalue weighted by Crippen LogP contribution is -2.31. The fourth-order valence-corrected chi connectivity index (χ4v) is 1.98. The van der Waals surface area contributed by atoms with Gasteiger partial charge < -0.3 is 16.0 Å². The Bertz CT molecular complexity index is 489. The van der Waals surface area contributed by atoms with Gasteiger partial charge in [-0.05, 0) is 32.0 Å². The second-order valence-corrected chi connectivity index (χ2v) is 4.74. The fraction of sp³-hybridized carbons (Fsp3) is 0.429. The van der Waals surface area contributed by atoms with Crippen molar-refractivity contribution >= 4 is 28.8 Å². The van der Waals surface area contributed by atoms with Crippen LogP contribution in [0.1, 0.15) is 25.8 Å². The summed E-state index contributed by atoms with van der Waals surface area (Å²) in [5, 5.41) is 2.91. The molecule has 0 aliphatic rings. The number of hydrogen-bond donors (Lipinski definition) is 2. The number of amides is 1. The van der Waals surface area contributed by atoms with E-state index in [1.54, 1.807) is 17.0 Å². The molecule has 0 saturated carbocycles. The second-order valence-electron chi connectivity index (χ2n) is 4.30. The van der Waals surface area contributed by atoms with Crippen molar-refractivity contribution in [3.8, 4) is 0 Å². The van der Waals surface area contributed by atoms with Crippen LogP contribution >= 0.6 is 12.2 Å². The Morgan fingerprint density at radius 1 is 1.40 bits per heavy atom. The van der Waals surface area contributed by atoms with Gasteiger partial charge in [-0.25, -0.2) is 4.39 Å². The van der Waals surface area contributed by atoms with Gasteiger partial charge in [0.15, 0.2) is 0 Å². The highest BCUT2D eigenvalue weighted by Crippen LogP contribution is 2.15. The molecule has 0 spiro atoms. The van der Waals surface area contributed by atoms with E-state index >= 15 is 0 Å². The number of hydrogen-bond acceptors (Lipinski definition) is 3. The van der Waals surface area contributed by atoms with E-state index in [9.17, 15) is 9.18 Å². The van der Waals surface area contributed by atoms with Crippen LogP contribution in [0.2, 0.25) is 0 Å². The van der Waals surface area contributed by atoms with Crippen LogP contribution in [0.4, 0.5) is 10.1 Å². The average Bonchev–Trinajstić information content (AvgIpc) is 2.41. The molecule has 3 N–H and O–H groups in total. The predicted molar refractivity (Wildman–Crippen MR) is 83.3 cm³/mol. The number of nitrogens with zero attached hydrogens (tertiary/aromatic N) is 1. The van der Waals surface area contributed by atoms with Gasteiger partial charge in [-0.2, -0.15) is 0 Å². The number of halogens is 1. The van der Waals surface area contributed by atoms with Crippen molar-refractivity contribution in [3.05, 3.63) is 29.6 Å². The number of nitrogens with two attached hydrogens (primary N) is 1. The van der Waals surface area contributed by atoms with Gasteiger partial charge in [-0.15, -0.1) is 0 Å². The van der Waals surface area contributed by atoms with Crippen LogP contribution in [-0.2, 0) is 4.79 Å². The summed E-state index contributed by atoms with van der Waals surface area (Å²) >= 11 is 4.78. The van der Waals surface area contributed by atoms with Gasteiger partial charge in [0.1, 0.15) is 10.8 Å². The standard InChI is InChI=1S/C14H20FN3OS/c1-3-18(4-2)13(19)7-8-17-12-6-5-10(14(16)20)9-11(12)15/h5-6,9,17H,3-4,7-8H2,1-2H3,(H2,16,20). The zero-order valence-electron chi connectivity index (χ0n) is 11.8. The maximum absolute atomic E-state index is 13.8. The summed E-state index contributed by atoms with van der Waals surface area (Å²) in [6, 6.07) is 4.52. The van der Waals surface area contributed by atoms with Gasteiger partial charge in [0.2, 0.25) is 5.91 Å². The van der Waals surface area contributed by atoms with Crippen LogP contribution in [0.3, 0.4) is 0 Å². The van der Waals surface area contributed by atoms with Crippen molar-refractivity contribution < 1.29 is 9.18 Å². The number of carbonyl (C=O) groups excluding carboxylic acids is 1. The third kappa shape index (κ3) is 4.45. The Morgan fingerprint density at radius 2 is 2.05 bits per heavy atom. The molecule has 1 aromatic carbocycles. The summed E-state index contributed by atoms with van der Waals surface area (Å²) in [6.07, 6.45) is 0.332. The molecular formula is C14H20FN3OS. The zero-order valence-corrected chi connectivity index (χ0v) is 12.6. The minimum atomic E-state index is -0.425. The molecule has 0 radical (unpaired) electrons. The van der Waals surface area contributed by atoms with Crippen LogP contribution in [-0.4, -0.2) is 35.4 Å². The maximum Gasteiger partial charge on any atom is 0.224 e. The number of anilines is 1. The molecule has 110 valence electrons. The van der Waals surface area contributed by atoms with Crippen LogP contribution in [0.5, 0.6) is 0 Å². The number of benzene rings is 1. The van der Waals surface area contributed by atoms with Gasteiger partial charge in [0.05, 0.1) is 5.69 Å². The van der Waals surface area contributed by atoms with Crippen LogP contribution in [0.25, 0.3) is 0 Å². The largest absolute Gasteiger partial charge is 0.389 e. The van der Waals surface area contributed by atoms with E-state index in [4.69, 9.17) is 18.0 Å². The number of nitrogens with one attached hydrogen (secondary N) is 1. The molecule has 4 nitrogen and oxygen atoms in total. The SMILES string of the molecule is CCN(CC)C(=O)CCNc1ccc(C(N)=S)cc1F. The molecular weight excluding hydrogens is 277 g/mol. The van der Waals surface area contributed by atoms with Crippen LogP contribution in [0, 0.1) is 5.82 Å². The maximum atomic E-state index is 13.8. The third-order valence-electron chi connectivity index (χ3n) is 3.02. The summed E-state index contributed by atoms with van der Waals surface area (Å²) in [6.45, 7) is 5.63. The Balaban J connectivity index is 2.54. The van der Waals surface area contributed by atoms with E-state index in [1.165, 1.54) is 6.07 Å².